The zero-order valence-corrected chi connectivity index (χ0v) is 15.6. The summed E-state index contributed by atoms with van der Waals surface area (Å²) in [5.74, 6) is -0.329. The lowest BCUT2D eigenvalue weighted by Gasteiger charge is -2.19. The Hall–Kier alpha value is -2.72. The van der Waals surface area contributed by atoms with Crippen molar-refractivity contribution in [3.8, 4) is 5.75 Å². The molecule has 0 radical (unpaired) electrons. The van der Waals surface area contributed by atoms with Crippen LogP contribution in [0.5, 0.6) is 5.75 Å². The van der Waals surface area contributed by atoms with Crippen molar-refractivity contribution >= 4 is 21.6 Å². The number of sulfonamides is 1. The van der Waals surface area contributed by atoms with Gasteiger partial charge in [0.25, 0.3) is 11.5 Å². The highest BCUT2D eigenvalue weighted by Crippen LogP contribution is 2.31. The number of hydrogen-bond donors (Lipinski definition) is 2. The number of anilines is 1. The third-order valence-corrected chi connectivity index (χ3v) is 6.02. The summed E-state index contributed by atoms with van der Waals surface area (Å²) in [6.07, 6.45) is 1.63. The maximum atomic E-state index is 13.0. The summed E-state index contributed by atoms with van der Waals surface area (Å²) < 4.78 is 32.8. The van der Waals surface area contributed by atoms with E-state index in [1.807, 2.05) is 0 Å². The molecule has 1 fully saturated rings. The molecule has 3 rings (SSSR count). The van der Waals surface area contributed by atoms with E-state index in [4.69, 9.17) is 4.74 Å². The van der Waals surface area contributed by atoms with E-state index in [-0.39, 0.29) is 22.0 Å². The van der Waals surface area contributed by atoms with Crippen LogP contribution in [0.15, 0.2) is 40.0 Å². The molecule has 0 unspecified atom stereocenters. The van der Waals surface area contributed by atoms with E-state index in [1.54, 1.807) is 13.0 Å². The quantitative estimate of drug-likeness (QED) is 0.762. The first kappa shape index (κ1) is 19.1. The van der Waals surface area contributed by atoms with Crippen molar-refractivity contribution in [3.05, 3.63) is 46.4 Å². The first-order chi connectivity index (χ1) is 12.9. The number of benzene rings is 1. The fraction of sp³-hybridized carbons (Fsp3) is 0.353. The second-order valence-electron chi connectivity index (χ2n) is 5.97. The van der Waals surface area contributed by atoms with Gasteiger partial charge in [0.15, 0.2) is 0 Å². The molecule has 0 aliphatic carbocycles. The topological polar surface area (TPSA) is 121 Å². The van der Waals surface area contributed by atoms with Gasteiger partial charge >= 0.3 is 0 Å². The minimum Gasteiger partial charge on any atom is -0.492 e. The number of amides is 1. The largest absolute Gasteiger partial charge is 0.492 e. The molecular formula is C17H20N4O5S. The highest BCUT2D eigenvalue weighted by atomic mass is 32.2. The summed E-state index contributed by atoms with van der Waals surface area (Å²) in [5, 5.41) is 8.42. The Balaban J connectivity index is 1.92. The monoisotopic (exact) mass is 392 g/mol. The Morgan fingerprint density at radius 2 is 2.00 bits per heavy atom. The van der Waals surface area contributed by atoms with Crippen LogP contribution in [0, 0.1) is 0 Å². The number of nitrogens with one attached hydrogen (secondary N) is 2. The molecule has 2 aromatic rings. The van der Waals surface area contributed by atoms with Gasteiger partial charge < -0.3 is 10.1 Å². The molecule has 10 heteroatoms. The minimum absolute atomic E-state index is 0.00688. The number of aromatic amines is 1. The summed E-state index contributed by atoms with van der Waals surface area (Å²) in [4.78, 5) is 23.3. The molecular weight excluding hydrogens is 372 g/mol. The molecule has 2 N–H and O–H groups in total. The van der Waals surface area contributed by atoms with Gasteiger partial charge in [0.1, 0.15) is 16.3 Å². The van der Waals surface area contributed by atoms with E-state index < -0.39 is 21.5 Å². The maximum Gasteiger partial charge on any atom is 0.276 e. The Kier molecular flexibility index (Phi) is 5.57. The fourth-order valence-electron chi connectivity index (χ4n) is 2.80. The second-order valence-corrected chi connectivity index (χ2v) is 7.87. The SMILES string of the molecule is CCOc1ccc(NC(=O)c2ccc(=O)[nH]n2)cc1S(=O)(=O)N1CCCC1. The molecule has 1 aliphatic rings. The molecule has 27 heavy (non-hydrogen) atoms. The van der Waals surface area contributed by atoms with Crippen LogP contribution in [0.1, 0.15) is 30.3 Å². The zero-order valence-electron chi connectivity index (χ0n) is 14.8. The molecule has 0 bridgehead atoms. The number of carbonyl (C=O) groups excluding carboxylic acids is 1. The van der Waals surface area contributed by atoms with Crippen LogP contribution < -0.4 is 15.6 Å². The van der Waals surface area contributed by atoms with Crippen LogP contribution in [-0.2, 0) is 10.0 Å². The van der Waals surface area contributed by atoms with Crippen molar-refractivity contribution < 1.29 is 17.9 Å². The van der Waals surface area contributed by atoms with Crippen molar-refractivity contribution in [3.63, 3.8) is 0 Å². The molecule has 1 aliphatic heterocycles. The van der Waals surface area contributed by atoms with Gasteiger partial charge in [-0.05, 0) is 44.0 Å². The van der Waals surface area contributed by atoms with Gasteiger partial charge in [-0.1, -0.05) is 0 Å². The van der Waals surface area contributed by atoms with E-state index in [2.05, 4.69) is 15.5 Å². The van der Waals surface area contributed by atoms with Gasteiger partial charge in [-0.25, -0.2) is 13.5 Å². The molecule has 0 saturated carbocycles. The van der Waals surface area contributed by atoms with Crippen LogP contribution in [-0.4, -0.2) is 48.5 Å². The number of ether oxygens (including phenoxy) is 1. The van der Waals surface area contributed by atoms with E-state index in [9.17, 15) is 18.0 Å². The first-order valence-electron chi connectivity index (χ1n) is 8.56. The number of H-pyrrole nitrogens is 1. The Morgan fingerprint density at radius 1 is 1.26 bits per heavy atom. The smallest absolute Gasteiger partial charge is 0.276 e. The highest BCUT2D eigenvalue weighted by Gasteiger charge is 2.30. The number of nitrogens with zero attached hydrogens (tertiary/aromatic N) is 2. The predicted molar refractivity (Wildman–Crippen MR) is 98.4 cm³/mol. The summed E-state index contributed by atoms with van der Waals surface area (Å²) in [6.45, 7) is 3.01. The molecule has 0 spiro atoms. The van der Waals surface area contributed by atoms with Crippen molar-refractivity contribution in [1.29, 1.82) is 0 Å². The molecule has 9 nitrogen and oxygen atoms in total. The fourth-order valence-corrected chi connectivity index (χ4v) is 4.47. The molecule has 0 atom stereocenters. The molecule has 1 aromatic heterocycles. The van der Waals surface area contributed by atoms with Gasteiger partial charge in [0.05, 0.1) is 6.61 Å². The number of carbonyl (C=O) groups is 1. The summed E-state index contributed by atoms with van der Waals surface area (Å²) in [7, 11) is -3.73. The van der Waals surface area contributed by atoms with Gasteiger partial charge in [-0.15, -0.1) is 0 Å². The number of hydrogen-bond acceptors (Lipinski definition) is 6. The van der Waals surface area contributed by atoms with Crippen LogP contribution in [0.25, 0.3) is 0 Å². The van der Waals surface area contributed by atoms with Crippen LogP contribution in [0.4, 0.5) is 5.69 Å². The Morgan fingerprint density at radius 3 is 2.63 bits per heavy atom. The standard InChI is InChI=1S/C17H20N4O5S/c1-2-26-14-7-5-12(18-17(23)13-6-8-16(22)20-19-13)11-15(14)27(24,25)21-9-3-4-10-21/h5-8,11H,2-4,9-10H2,1H3,(H,18,23)(H,20,22). The molecule has 144 valence electrons. The maximum absolute atomic E-state index is 13.0. The number of rotatable bonds is 6. The lowest BCUT2D eigenvalue weighted by Crippen LogP contribution is -2.28. The van der Waals surface area contributed by atoms with Crippen LogP contribution >= 0.6 is 0 Å². The first-order valence-corrected chi connectivity index (χ1v) is 10.00. The summed E-state index contributed by atoms with van der Waals surface area (Å²) in [6, 6.07) is 6.91. The van der Waals surface area contributed by atoms with Gasteiger partial charge in [-0.2, -0.15) is 9.40 Å². The predicted octanol–water partition coefficient (Wildman–Crippen LogP) is 1.21. The normalized spacial score (nSPS) is 14.9. The van der Waals surface area contributed by atoms with E-state index in [0.29, 0.717) is 19.7 Å². The highest BCUT2D eigenvalue weighted by molar-refractivity contribution is 7.89. The second kappa shape index (κ2) is 7.89. The summed E-state index contributed by atoms with van der Waals surface area (Å²) >= 11 is 0. The molecule has 1 amide bonds. The van der Waals surface area contributed by atoms with Crippen molar-refractivity contribution in [2.75, 3.05) is 25.0 Å². The van der Waals surface area contributed by atoms with E-state index in [1.165, 1.54) is 28.6 Å². The van der Waals surface area contributed by atoms with Crippen molar-refractivity contribution in [2.24, 2.45) is 0 Å². The van der Waals surface area contributed by atoms with Crippen LogP contribution in [0.2, 0.25) is 0 Å². The van der Waals surface area contributed by atoms with Gasteiger partial charge in [0, 0.05) is 24.8 Å². The Bertz CT molecular complexity index is 976. The zero-order chi connectivity index (χ0) is 19.4. The third-order valence-electron chi connectivity index (χ3n) is 4.10. The minimum atomic E-state index is -3.73. The lowest BCUT2D eigenvalue weighted by atomic mass is 10.3. The lowest BCUT2D eigenvalue weighted by molar-refractivity contribution is 0.102. The van der Waals surface area contributed by atoms with Gasteiger partial charge in [-0.3, -0.25) is 9.59 Å². The Labute approximate surface area is 156 Å². The average molecular weight is 392 g/mol. The van der Waals surface area contributed by atoms with Crippen LogP contribution in [0.3, 0.4) is 0 Å². The third kappa shape index (κ3) is 4.17. The van der Waals surface area contributed by atoms with Crippen molar-refractivity contribution in [1.82, 2.24) is 14.5 Å². The van der Waals surface area contributed by atoms with E-state index in [0.717, 1.165) is 12.8 Å². The molecule has 2 heterocycles. The summed E-state index contributed by atoms with van der Waals surface area (Å²) in [5.41, 5.74) is -0.131. The average Bonchev–Trinajstić information content (AvgIpc) is 3.19. The molecule has 1 saturated heterocycles. The number of aromatic nitrogens is 2. The van der Waals surface area contributed by atoms with Gasteiger partial charge in [0.2, 0.25) is 10.0 Å². The molecule has 1 aromatic carbocycles. The van der Waals surface area contributed by atoms with E-state index >= 15 is 0 Å². The van der Waals surface area contributed by atoms with Crippen molar-refractivity contribution in [2.45, 2.75) is 24.7 Å².